The molecule has 0 atom stereocenters. The van der Waals surface area contributed by atoms with E-state index in [1.807, 2.05) is 0 Å². The van der Waals surface area contributed by atoms with E-state index >= 15 is 0 Å². The van der Waals surface area contributed by atoms with Crippen LogP contribution in [-0.2, 0) is 14.8 Å². The fourth-order valence-corrected chi connectivity index (χ4v) is 2.39. The Kier molecular flexibility index (Phi) is 5.11. The van der Waals surface area contributed by atoms with E-state index in [1.54, 1.807) is 18.2 Å². The number of carbonyl (C=O) groups excluding carboxylic acids is 1. The van der Waals surface area contributed by atoms with Crippen molar-refractivity contribution < 1.29 is 17.9 Å². The Balaban J connectivity index is 2.65. The molecule has 0 spiro atoms. The topological polar surface area (TPSA) is 72.5 Å². The van der Waals surface area contributed by atoms with Crippen molar-refractivity contribution in [2.24, 2.45) is 0 Å². The Morgan fingerprint density at radius 1 is 1.41 bits per heavy atom. The lowest BCUT2D eigenvalue weighted by molar-refractivity contribution is 0.112. The number of rotatable bonds is 7. The quantitative estimate of drug-likeness (QED) is 0.590. The Bertz CT molecular complexity index is 470. The molecular weight excluding hydrogens is 242 g/mol. The minimum Gasteiger partial charge on any atom is -0.385 e. The summed E-state index contributed by atoms with van der Waals surface area (Å²) < 4.78 is 30.4. The SMILES string of the molecule is COCCCS(=O)(=O)Nc1cccc(C=O)c1. The summed E-state index contributed by atoms with van der Waals surface area (Å²) in [6.07, 6.45) is 1.10. The van der Waals surface area contributed by atoms with Gasteiger partial charge in [0.15, 0.2) is 0 Å². The maximum absolute atomic E-state index is 11.6. The summed E-state index contributed by atoms with van der Waals surface area (Å²) in [5, 5.41) is 0. The van der Waals surface area contributed by atoms with Gasteiger partial charge in [0.1, 0.15) is 6.29 Å². The number of aldehydes is 1. The fraction of sp³-hybridized carbons (Fsp3) is 0.364. The zero-order valence-electron chi connectivity index (χ0n) is 9.55. The molecule has 1 rings (SSSR count). The third-order valence-electron chi connectivity index (χ3n) is 2.06. The van der Waals surface area contributed by atoms with Gasteiger partial charge in [-0.15, -0.1) is 0 Å². The molecule has 0 aliphatic rings. The number of hydrogen-bond donors (Lipinski definition) is 1. The summed E-state index contributed by atoms with van der Waals surface area (Å²) in [5.41, 5.74) is 0.828. The molecule has 0 fully saturated rings. The van der Waals surface area contributed by atoms with Crippen molar-refractivity contribution in [2.75, 3.05) is 24.2 Å². The van der Waals surface area contributed by atoms with Crippen molar-refractivity contribution in [1.82, 2.24) is 0 Å². The highest BCUT2D eigenvalue weighted by atomic mass is 32.2. The second-order valence-electron chi connectivity index (χ2n) is 3.51. The number of nitrogens with one attached hydrogen (secondary N) is 1. The van der Waals surface area contributed by atoms with Crippen LogP contribution in [0.5, 0.6) is 0 Å². The van der Waals surface area contributed by atoms with Gasteiger partial charge in [0.05, 0.1) is 5.75 Å². The summed E-state index contributed by atoms with van der Waals surface area (Å²) in [7, 11) is -1.86. The summed E-state index contributed by atoms with van der Waals surface area (Å²) in [6, 6.07) is 6.31. The van der Waals surface area contributed by atoms with Gasteiger partial charge in [-0.25, -0.2) is 8.42 Å². The van der Waals surface area contributed by atoms with E-state index < -0.39 is 10.0 Å². The zero-order valence-corrected chi connectivity index (χ0v) is 10.4. The molecule has 0 amide bonds. The van der Waals surface area contributed by atoms with Gasteiger partial charge in [-0.2, -0.15) is 0 Å². The molecule has 0 radical (unpaired) electrons. The molecule has 1 N–H and O–H groups in total. The Morgan fingerprint density at radius 2 is 2.18 bits per heavy atom. The van der Waals surface area contributed by atoms with Crippen LogP contribution in [0.25, 0.3) is 0 Å². The molecule has 17 heavy (non-hydrogen) atoms. The van der Waals surface area contributed by atoms with E-state index in [1.165, 1.54) is 13.2 Å². The molecule has 5 nitrogen and oxygen atoms in total. The van der Waals surface area contributed by atoms with Crippen molar-refractivity contribution in [1.29, 1.82) is 0 Å². The van der Waals surface area contributed by atoms with Crippen LogP contribution in [0.3, 0.4) is 0 Å². The lowest BCUT2D eigenvalue weighted by atomic mass is 10.2. The second kappa shape index (κ2) is 6.36. The number of methoxy groups -OCH3 is 1. The van der Waals surface area contributed by atoms with Gasteiger partial charge in [0.25, 0.3) is 0 Å². The van der Waals surface area contributed by atoms with E-state index in [2.05, 4.69) is 4.72 Å². The average Bonchev–Trinajstić information content (AvgIpc) is 2.29. The third-order valence-corrected chi connectivity index (χ3v) is 3.43. The highest BCUT2D eigenvalue weighted by Gasteiger charge is 2.09. The van der Waals surface area contributed by atoms with Crippen LogP contribution in [-0.4, -0.2) is 34.2 Å². The second-order valence-corrected chi connectivity index (χ2v) is 5.35. The number of hydrogen-bond acceptors (Lipinski definition) is 4. The highest BCUT2D eigenvalue weighted by Crippen LogP contribution is 2.11. The minimum atomic E-state index is -3.38. The van der Waals surface area contributed by atoms with Gasteiger partial charge >= 0.3 is 0 Å². The molecule has 0 saturated carbocycles. The van der Waals surface area contributed by atoms with E-state index in [0.717, 1.165) is 0 Å². The van der Waals surface area contributed by atoms with E-state index in [0.29, 0.717) is 30.6 Å². The lowest BCUT2D eigenvalue weighted by Gasteiger charge is -2.07. The molecule has 94 valence electrons. The molecule has 1 aromatic carbocycles. The van der Waals surface area contributed by atoms with E-state index in [-0.39, 0.29) is 5.75 Å². The fourth-order valence-electron chi connectivity index (χ4n) is 1.30. The summed E-state index contributed by atoms with van der Waals surface area (Å²) in [6.45, 7) is 0.398. The van der Waals surface area contributed by atoms with Crippen LogP contribution >= 0.6 is 0 Å². The van der Waals surface area contributed by atoms with Gasteiger partial charge in [-0.3, -0.25) is 9.52 Å². The first-order valence-electron chi connectivity index (χ1n) is 5.12. The van der Waals surface area contributed by atoms with Crippen LogP contribution in [0, 0.1) is 0 Å². The Hall–Kier alpha value is -1.40. The van der Waals surface area contributed by atoms with Gasteiger partial charge in [-0.1, -0.05) is 12.1 Å². The van der Waals surface area contributed by atoms with Crippen molar-refractivity contribution in [3.63, 3.8) is 0 Å². The number of carbonyl (C=O) groups is 1. The van der Waals surface area contributed by atoms with E-state index in [4.69, 9.17) is 4.74 Å². The highest BCUT2D eigenvalue weighted by molar-refractivity contribution is 7.92. The number of benzene rings is 1. The van der Waals surface area contributed by atoms with Gasteiger partial charge in [0.2, 0.25) is 10.0 Å². The maximum Gasteiger partial charge on any atom is 0.232 e. The number of anilines is 1. The first kappa shape index (κ1) is 13.7. The predicted molar refractivity (Wildman–Crippen MR) is 65.7 cm³/mol. The molecule has 0 heterocycles. The van der Waals surface area contributed by atoms with E-state index in [9.17, 15) is 13.2 Å². The maximum atomic E-state index is 11.6. The van der Waals surface area contributed by atoms with Crippen LogP contribution < -0.4 is 4.72 Å². The van der Waals surface area contributed by atoms with Crippen LogP contribution in [0.2, 0.25) is 0 Å². The average molecular weight is 257 g/mol. The van der Waals surface area contributed by atoms with Gasteiger partial charge < -0.3 is 4.74 Å². The van der Waals surface area contributed by atoms with Crippen molar-refractivity contribution in [3.05, 3.63) is 29.8 Å². The third kappa shape index (κ3) is 4.97. The molecule has 0 aliphatic carbocycles. The van der Waals surface area contributed by atoms with Crippen molar-refractivity contribution >= 4 is 22.0 Å². The Labute approximate surface area is 101 Å². The molecule has 1 aromatic rings. The summed E-state index contributed by atoms with van der Waals surface area (Å²) in [4.78, 5) is 10.5. The normalized spacial score (nSPS) is 11.1. The predicted octanol–water partition coefficient (Wildman–Crippen LogP) is 1.28. The zero-order chi connectivity index (χ0) is 12.7. The largest absolute Gasteiger partial charge is 0.385 e. The molecule has 0 bridgehead atoms. The minimum absolute atomic E-state index is 0.00778. The van der Waals surface area contributed by atoms with Crippen molar-refractivity contribution in [3.8, 4) is 0 Å². The first-order chi connectivity index (χ1) is 8.07. The number of ether oxygens (including phenoxy) is 1. The van der Waals surface area contributed by atoms with Crippen LogP contribution in [0.1, 0.15) is 16.8 Å². The molecule has 0 saturated heterocycles. The molecular formula is C11H15NO4S. The number of sulfonamides is 1. The lowest BCUT2D eigenvalue weighted by Crippen LogP contribution is -2.17. The van der Waals surface area contributed by atoms with Gasteiger partial charge in [-0.05, 0) is 18.6 Å². The molecule has 6 heteroatoms. The van der Waals surface area contributed by atoms with Crippen molar-refractivity contribution in [2.45, 2.75) is 6.42 Å². The van der Waals surface area contributed by atoms with Crippen LogP contribution in [0.4, 0.5) is 5.69 Å². The summed E-state index contributed by atoms with van der Waals surface area (Å²) in [5.74, 6) is -0.00778. The first-order valence-corrected chi connectivity index (χ1v) is 6.77. The molecule has 0 aliphatic heterocycles. The molecule has 0 unspecified atom stereocenters. The smallest absolute Gasteiger partial charge is 0.232 e. The summed E-state index contributed by atoms with van der Waals surface area (Å²) >= 11 is 0. The standard InChI is InChI=1S/C11H15NO4S/c1-16-6-3-7-17(14,15)12-11-5-2-4-10(8-11)9-13/h2,4-5,8-9,12H,3,6-7H2,1H3. The van der Waals surface area contributed by atoms with Crippen LogP contribution in [0.15, 0.2) is 24.3 Å². The van der Waals surface area contributed by atoms with Gasteiger partial charge in [0, 0.05) is 25.0 Å². The Morgan fingerprint density at radius 3 is 2.82 bits per heavy atom. The molecule has 0 aromatic heterocycles. The monoisotopic (exact) mass is 257 g/mol.